The van der Waals surface area contributed by atoms with Crippen molar-refractivity contribution in [1.82, 2.24) is 9.80 Å². The van der Waals surface area contributed by atoms with Crippen LogP contribution in [0.3, 0.4) is 0 Å². The second-order valence-electron chi connectivity index (χ2n) is 5.46. The molecule has 2 amide bonds. The molecule has 1 aliphatic heterocycles. The van der Waals surface area contributed by atoms with E-state index >= 15 is 0 Å². The van der Waals surface area contributed by atoms with Gasteiger partial charge in [-0.3, -0.25) is 9.59 Å². The lowest BCUT2D eigenvalue weighted by molar-refractivity contribution is -0.130. The van der Waals surface area contributed by atoms with Crippen LogP contribution in [-0.4, -0.2) is 41.2 Å². The average Bonchev–Trinajstić information content (AvgIpc) is 3.01. The van der Waals surface area contributed by atoms with Crippen LogP contribution in [0.5, 0.6) is 0 Å². The van der Waals surface area contributed by atoms with Crippen molar-refractivity contribution in [2.24, 2.45) is 0 Å². The van der Waals surface area contributed by atoms with E-state index in [0.717, 1.165) is 5.56 Å². The number of hydrogen-bond acceptors (Lipinski definition) is 3. The molecule has 1 aliphatic rings. The van der Waals surface area contributed by atoms with Crippen molar-refractivity contribution < 1.29 is 18.4 Å². The normalized spacial score (nSPS) is 15.6. The fourth-order valence-electron chi connectivity index (χ4n) is 2.65. The van der Waals surface area contributed by atoms with Gasteiger partial charge in [-0.05, 0) is 29.8 Å². The first kappa shape index (κ1) is 15.3. The van der Waals surface area contributed by atoms with Crippen LogP contribution in [0.1, 0.15) is 22.5 Å². The lowest BCUT2D eigenvalue weighted by Gasteiger charge is -2.22. The Morgan fingerprint density at radius 1 is 1.17 bits per heavy atom. The molecule has 23 heavy (non-hydrogen) atoms. The van der Waals surface area contributed by atoms with Gasteiger partial charge in [-0.1, -0.05) is 12.1 Å². The Labute approximate surface area is 133 Å². The lowest BCUT2D eigenvalue weighted by atomic mass is 10.2. The van der Waals surface area contributed by atoms with Gasteiger partial charge in [0.1, 0.15) is 5.82 Å². The van der Waals surface area contributed by atoms with Crippen LogP contribution in [0.4, 0.5) is 4.39 Å². The number of amides is 2. The molecular weight excluding hydrogens is 299 g/mol. The van der Waals surface area contributed by atoms with E-state index in [1.54, 1.807) is 34.1 Å². The SMILES string of the molecule is O=C1CCN(C(=O)c2ccco2)CCN1Cc1cccc(F)c1. The summed E-state index contributed by atoms with van der Waals surface area (Å²) in [5.74, 6) is -0.296. The topological polar surface area (TPSA) is 53.8 Å². The minimum Gasteiger partial charge on any atom is -0.459 e. The van der Waals surface area contributed by atoms with Gasteiger partial charge in [0.05, 0.1) is 6.26 Å². The zero-order valence-electron chi connectivity index (χ0n) is 12.6. The highest BCUT2D eigenvalue weighted by Crippen LogP contribution is 2.14. The predicted molar refractivity (Wildman–Crippen MR) is 81.0 cm³/mol. The second-order valence-corrected chi connectivity index (χ2v) is 5.46. The number of rotatable bonds is 3. The predicted octanol–water partition coefficient (Wildman–Crippen LogP) is 2.29. The fourth-order valence-corrected chi connectivity index (χ4v) is 2.65. The Hall–Kier alpha value is -2.63. The third-order valence-electron chi connectivity index (χ3n) is 3.87. The Morgan fingerprint density at radius 2 is 2.04 bits per heavy atom. The van der Waals surface area contributed by atoms with Crippen molar-refractivity contribution in [1.29, 1.82) is 0 Å². The van der Waals surface area contributed by atoms with E-state index < -0.39 is 0 Å². The molecule has 1 fully saturated rings. The minimum atomic E-state index is -0.320. The summed E-state index contributed by atoms with van der Waals surface area (Å²) in [4.78, 5) is 27.8. The fraction of sp³-hybridized carbons (Fsp3) is 0.294. The second kappa shape index (κ2) is 6.64. The van der Waals surface area contributed by atoms with E-state index in [4.69, 9.17) is 4.42 Å². The van der Waals surface area contributed by atoms with E-state index in [2.05, 4.69) is 0 Å². The van der Waals surface area contributed by atoms with Crippen molar-refractivity contribution in [2.45, 2.75) is 13.0 Å². The van der Waals surface area contributed by atoms with Crippen molar-refractivity contribution in [3.8, 4) is 0 Å². The molecule has 0 radical (unpaired) electrons. The van der Waals surface area contributed by atoms with Crippen LogP contribution in [0, 0.1) is 5.82 Å². The summed E-state index contributed by atoms with van der Waals surface area (Å²) in [7, 11) is 0. The summed E-state index contributed by atoms with van der Waals surface area (Å²) in [6.07, 6.45) is 1.70. The molecule has 1 saturated heterocycles. The number of benzene rings is 1. The summed E-state index contributed by atoms with van der Waals surface area (Å²) >= 11 is 0. The molecule has 2 aromatic rings. The molecule has 0 spiro atoms. The van der Waals surface area contributed by atoms with E-state index in [0.29, 0.717) is 26.2 Å². The molecular formula is C17H17FN2O3. The summed E-state index contributed by atoms with van der Waals surface area (Å²) in [6, 6.07) is 9.47. The molecule has 6 heteroatoms. The van der Waals surface area contributed by atoms with Gasteiger partial charge in [-0.15, -0.1) is 0 Å². The van der Waals surface area contributed by atoms with Gasteiger partial charge in [-0.2, -0.15) is 0 Å². The van der Waals surface area contributed by atoms with Gasteiger partial charge in [0.2, 0.25) is 5.91 Å². The molecule has 2 heterocycles. The first-order chi connectivity index (χ1) is 11.1. The van der Waals surface area contributed by atoms with Gasteiger partial charge in [0.15, 0.2) is 5.76 Å². The van der Waals surface area contributed by atoms with Crippen molar-refractivity contribution in [3.05, 3.63) is 59.8 Å². The van der Waals surface area contributed by atoms with Gasteiger partial charge in [0, 0.05) is 32.6 Å². The molecule has 0 saturated carbocycles. The average molecular weight is 316 g/mol. The third-order valence-corrected chi connectivity index (χ3v) is 3.87. The lowest BCUT2D eigenvalue weighted by Crippen LogP contribution is -2.35. The molecule has 120 valence electrons. The molecule has 5 nitrogen and oxygen atoms in total. The van der Waals surface area contributed by atoms with E-state index in [9.17, 15) is 14.0 Å². The van der Waals surface area contributed by atoms with Crippen LogP contribution in [0.2, 0.25) is 0 Å². The van der Waals surface area contributed by atoms with Gasteiger partial charge in [-0.25, -0.2) is 4.39 Å². The maximum atomic E-state index is 13.3. The third kappa shape index (κ3) is 3.59. The number of furan rings is 1. The standard InChI is InChI=1S/C17H17FN2O3/c18-14-4-1-3-13(11-14)12-20-9-8-19(7-6-16(20)21)17(22)15-5-2-10-23-15/h1-5,10-11H,6-9,12H2. The van der Waals surface area contributed by atoms with E-state index in [1.807, 2.05) is 0 Å². The maximum Gasteiger partial charge on any atom is 0.289 e. The van der Waals surface area contributed by atoms with Crippen LogP contribution >= 0.6 is 0 Å². The van der Waals surface area contributed by atoms with Gasteiger partial charge in [0.25, 0.3) is 5.91 Å². The molecule has 0 aliphatic carbocycles. The van der Waals surface area contributed by atoms with Crippen molar-refractivity contribution in [3.63, 3.8) is 0 Å². The summed E-state index contributed by atoms with van der Waals surface area (Å²) in [6.45, 7) is 1.56. The number of halogens is 1. The van der Waals surface area contributed by atoms with Crippen molar-refractivity contribution in [2.75, 3.05) is 19.6 Å². The Kier molecular flexibility index (Phi) is 4.41. The van der Waals surface area contributed by atoms with E-state index in [-0.39, 0.29) is 29.8 Å². The quantitative estimate of drug-likeness (QED) is 0.873. The first-order valence-corrected chi connectivity index (χ1v) is 7.48. The first-order valence-electron chi connectivity index (χ1n) is 7.48. The highest BCUT2D eigenvalue weighted by molar-refractivity contribution is 5.92. The van der Waals surface area contributed by atoms with Gasteiger partial charge >= 0.3 is 0 Å². The monoisotopic (exact) mass is 316 g/mol. The highest BCUT2D eigenvalue weighted by Gasteiger charge is 2.25. The highest BCUT2D eigenvalue weighted by atomic mass is 19.1. The number of carbonyl (C=O) groups excluding carboxylic acids is 2. The van der Waals surface area contributed by atoms with Gasteiger partial charge < -0.3 is 14.2 Å². The zero-order chi connectivity index (χ0) is 16.2. The Bertz CT molecular complexity index is 700. The Balaban J connectivity index is 1.66. The van der Waals surface area contributed by atoms with Crippen molar-refractivity contribution >= 4 is 11.8 Å². The maximum absolute atomic E-state index is 13.3. The zero-order valence-corrected chi connectivity index (χ0v) is 12.6. The summed E-state index contributed by atoms with van der Waals surface area (Å²) in [5.41, 5.74) is 0.740. The number of hydrogen-bond donors (Lipinski definition) is 0. The molecule has 0 bridgehead atoms. The molecule has 0 N–H and O–H groups in total. The van der Waals surface area contributed by atoms with Crippen LogP contribution < -0.4 is 0 Å². The van der Waals surface area contributed by atoms with Crippen LogP contribution in [0.25, 0.3) is 0 Å². The molecule has 3 rings (SSSR count). The molecule has 0 unspecified atom stereocenters. The molecule has 1 aromatic carbocycles. The minimum absolute atomic E-state index is 0.0380. The smallest absolute Gasteiger partial charge is 0.289 e. The summed E-state index contributed by atoms with van der Waals surface area (Å²) in [5, 5.41) is 0. The number of carbonyl (C=O) groups is 2. The molecule has 0 atom stereocenters. The van der Waals surface area contributed by atoms with E-state index in [1.165, 1.54) is 18.4 Å². The van der Waals surface area contributed by atoms with Crippen LogP contribution in [-0.2, 0) is 11.3 Å². The Morgan fingerprint density at radius 3 is 2.78 bits per heavy atom. The molecule has 1 aromatic heterocycles. The number of nitrogens with zero attached hydrogens (tertiary/aromatic N) is 2. The van der Waals surface area contributed by atoms with Crippen LogP contribution in [0.15, 0.2) is 47.1 Å². The summed E-state index contributed by atoms with van der Waals surface area (Å²) < 4.78 is 18.4. The largest absolute Gasteiger partial charge is 0.459 e.